The van der Waals surface area contributed by atoms with Gasteiger partial charge in [0.25, 0.3) is 0 Å². The highest BCUT2D eigenvalue weighted by atomic mass is 14.9. The van der Waals surface area contributed by atoms with Crippen LogP contribution in [0.4, 0.5) is 0 Å². The van der Waals surface area contributed by atoms with Crippen LogP contribution in [0, 0.1) is 60.5 Å². The van der Waals surface area contributed by atoms with Crippen LogP contribution in [-0.4, -0.2) is 0 Å². The van der Waals surface area contributed by atoms with Gasteiger partial charge < -0.3 is 0 Å². The molecule has 3 nitrogen and oxygen atoms in total. The SMILES string of the molecule is [2H]c1c([2H])c([2H])c(-c2cc(-c3cc(C)c(C([2H])([2H])[2H])c[n+]3C)c(C)cc2C([2H])([2H])[2H])c([2H])c1[2H].[2H]c1c([2H])c([2H])c(-c2cc(-c3ccc(C([2H])([2H])C(C)(C)C)c[n+]3C)c(C)cc2C([2H])([2H])[2H])c([2H])c1[2H].[2H]c1c([2H])c([2H])c(-c2cc(-c3cccc[n+]3C)c(C)cc2C([2H])([2H])[2H])c([2H])c1[2H]. The number of nitrogens with zero attached hydrogens (tertiary/aromatic N) is 3. The normalized spacial score (nSPS) is 17.9. The summed E-state index contributed by atoms with van der Waals surface area (Å²) in [6, 6.07) is 12.2. The minimum absolute atomic E-state index is 0.00940. The first-order valence-electron chi connectivity index (χ1n) is 36.9. The first kappa shape index (κ1) is 25.1. The van der Waals surface area contributed by atoms with E-state index in [0.717, 1.165) is 11.3 Å². The lowest BCUT2D eigenvalue weighted by Gasteiger charge is -2.17. The van der Waals surface area contributed by atoms with E-state index >= 15 is 0 Å². The molecule has 0 unspecified atom stereocenters. The molecule has 0 amide bonds. The molecule has 0 saturated heterocycles. The maximum atomic E-state index is 8.58. The zero-order chi connectivity index (χ0) is 75.1. The number of hydrogen-bond donors (Lipinski definition) is 0. The van der Waals surface area contributed by atoms with Gasteiger partial charge in [-0.05, 0) is 170 Å². The molecular weight excluding hydrogens is 847 g/mol. The highest BCUT2D eigenvalue weighted by Crippen LogP contribution is 2.34. The van der Waals surface area contributed by atoms with Crippen LogP contribution in [0.5, 0.6) is 0 Å². The Kier molecular flexibility index (Phi) is 7.88. The summed E-state index contributed by atoms with van der Waals surface area (Å²) < 4.78 is 239. The molecule has 0 radical (unpaired) electrons. The third kappa shape index (κ3) is 12.1. The van der Waals surface area contributed by atoms with Gasteiger partial charge in [-0.2, -0.15) is 0 Å². The Labute approximate surface area is 461 Å². The summed E-state index contributed by atoms with van der Waals surface area (Å²) in [4.78, 5) is 0. The molecular formula is C67H74N3+3. The predicted molar refractivity (Wildman–Crippen MR) is 297 cm³/mol. The molecule has 0 saturated carbocycles. The van der Waals surface area contributed by atoms with Gasteiger partial charge in [0.05, 0.1) is 20.6 Å². The second kappa shape index (κ2) is 22.0. The molecule has 9 rings (SSSR count). The Balaban J connectivity index is 0.000000210. The molecule has 0 aliphatic heterocycles. The van der Waals surface area contributed by atoms with E-state index < -0.39 is 130 Å². The zero-order valence-electron chi connectivity index (χ0n) is 70.0. The van der Waals surface area contributed by atoms with Crippen molar-refractivity contribution in [3.63, 3.8) is 0 Å². The van der Waals surface area contributed by atoms with Crippen LogP contribution in [0.1, 0.15) is 111 Å². The van der Waals surface area contributed by atoms with Crippen molar-refractivity contribution in [2.24, 2.45) is 26.6 Å². The van der Waals surface area contributed by atoms with Crippen LogP contribution >= 0.6 is 0 Å². The quantitative estimate of drug-likeness (QED) is 0.141. The van der Waals surface area contributed by atoms with Crippen molar-refractivity contribution in [1.29, 1.82) is 0 Å². The molecule has 3 heteroatoms. The Bertz CT molecular complexity index is 4620. The smallest absolute Gasteiger partial charge is 0.201 e. The van der Waals surface area contributed by atoms with Gasteiger partial charge in [-0.3, -0.25) is 0 Å². The van der Waals surface area contributed by atoms with Crippen molar-refractivity contribution in [2.45, 2.75) is 82.2 Å². The molecule has 0 fully saturated rings. The number of rotatable bonds is 7. The average molecular weight is 951 g/mol. The van der Waals surface area contributed by atoms with Crippen LogP contribution in [0.2, 0.25) is 0 Å². The fraction of sp³-hybridized carbons (Fsp3) is 0.239. The molecule has 70 heavy (non-hydrogen) atoms. The highest BCUT2D eigenvalue weighted by molar-refractivity contribution is 5.78. The van der Waals surface area contributed by atoms with E-state index in [0.29, 0.717) is 50.3 Å². The first-order valence-corrected chi connectivity index (χ1v) is 22.4. The second-order valence-corrected chi connectivity index (χ2v) is 18.0. The van der Waals surface area contributed by atoms with Gasteiger partial charge in [-0.1, -0.05) is 130 Å². The van der Waals surface area contributed by atoms with Crippen LogP contribution in [-0.2, 0) is 27.5 Å². The molecule has 0 bridgehead atoms. The average Bonchev–Trinajstić information content (AvgIpc) is 0.758. The number of hydrogen-bond acceptors (Lipinski definition) is 0. The third-order valence-corrected chi connectivity index (χ3v) is 11.4. The van der Waals surface area contributed by atoms with E-state index in [1.54, 1.807) is 87.5 Å². The molecule has 0 aliphatic rings. The zero-order valence-corrected chi connectivity index (χ0v) is 41.0. The van der Waals surface area contributed by atoms with Crippen molar-refractivity contribution >= 4 is 0 Å². The fourth-order valence-electron chi connectivity index (χ4n) is 7.94. The first-order chi connectivity index (χ1) is 45.2. The molecule has 9 aromatic rings. The minimum Gasteiger partial charge on any atom is -0.201 e. The maximum Gasteiger partial charge on any atom is 0.212 e. The highest BCUT2D eigenvalue weighted by Gasteiger charge is 2.20. The standard InChI is InChI=1S/C25H30N.C22H24N.C20H20N/c1-18-14-19(2)23(15-22(18)21-10-8-7-9-11-21)24-13-12-20(17-26(24)6)16-25(3,4)5;1-15-12-22(23(5)14-18(15)4)21-13-20(16(2)11-17(21)3)19-9-7-6-8-10-19;1-15-13-16(2)19(20-11-7-8-12-21(20)3)14-18(15)17-9-5-4-6-10-17/h7-15,17H,16H2,1-6H3;6-14H,1-5H3;4-14H,1-3H3/q3*+1/i1D3,7D,8D,9D,10D,11D,16D2;2D3,4D3,6D,7D,8D,9D,10D;1D3,4D,5D,6D,9D,10D. The molecule has 354 valence electrons. The third-order valence-electron chi connectivity index (χ3n) is 11.4. The summed E-state index contributed by atoms with van der Waals surface area (Å²) in [5, 5.41) is 0. The van der Waals surface area contributed by atoms with Gasteiger partial charge in [-0.25, -0.2) is 13.7 Å². The molecule has 0 N–H and O–H groups in total. The topological polar surface area (TPSA) is 11.6 Å². The Morgan fingerprint density at radius 2 is 0.829 bits per heavy atom. The van der Waals surface area contributed by atoms with E-state index in [2.05, 4.69) is 0 Å². The second-order valence-electron chi connectivity index (χ2n) is 18.0. The monoisotopic (exact) mass is 950 g/mol. The maximum absolute atomic E-state index is 8.58. The van der Waals surface area contributed by atoms with Crippen molar-refractivity contribution in [3.8, 4) is 67.2 Å². The van der Waals surface area contributed by atoms with E-state index in [9.17, 15) is 0 Å². The van der Waals surface area contributed by atoms with E-state index in [4.69, 9.17) is 39.8 Å². The van der Waals surface area contributed by atoms with Gasteiger partial charge in [0, 0.05) is 71.3 Å². The summed E-state index contributed by atoms with van der Waals surface area (Å²) in [5.41, 5.74) is 5.83. The number of aromatic nitrogens is 3. The van der Waals surface area contributed by atoms with Gasteiger partial charge in [0.1, 0.15) is 21.1 Å². The van der Waals surface area contributed by atoms with Gasteiger partial charge in [-0.15, -0.1) is 0 Å². The van der Waals surface area contributed by atoms with E-state index in [-0.39, 0.29) is 55.6 Å². The molecule has 3 heterocycles. The van der Waals surface area contributed by atoms with Gasteiger partial charge >= 0.3 is 0 Å². The molecule has 3 aromatic heterocycles. The lowest BCUT2D eigenvalue weighted by molar-refractivity contribution is -0.661. The van der Waals surface area contributed by atoms with Crippen LogP contribution < -0.4 is 13.7 Å². The largest absolute Gasteiger partial charge is 0.212 e. The summed E-state index contributed by atoms with van der Waals surface area (Å²) in [7, 11) is 5.29. The Morgan fingerprint density at radius 1 is 0.414 bits per heavy atom. The van der Waals surface area contributed by atoms with E-state index in [1.807, 2.05) is 56.8 Å². The van der Waals surface area contributed by atoms with Gasteiger partial charge in [0.15, 0.2) is 18.6 Å². The van der Waals surface area contributed by atoms with Crippen molar-refractivity contribution < 1.29 is 53.5 Å². The minimum atomic E-state index is -2.61. The lowest BCUT2D eigenvalue weighted by Crippen LogP contribution is -2.32. The number of aryl methyl sites for hydroxylation is 11. The molecule has 0 atom stereocenters. The Morgan fingerprint density at radius 3 is 1.23 bits per heavy atom. The predicted octanol–water partition coefficient (Wildman–Crippen LogP) is 15.6. The van der Waals surface area contributed by atoms with E-state index in [1.165, 1.54) is 30.5 Å². The summed E-state index contributed by atoms with van der Waals surface area (Å²) >= 11 is 0. The summed E-state index contributed by atoms with van der Waals surface area (Å²) in [6.45, 7) is 2.39. The number of benzene rings is 6. The van der Waals surface area contributed by atoms with Crippen LogP contribution in [0.15, 0.2) is 182 Å². The van der Waals surface area contributed by atoms with Crippen molar-refractivity contribution in [2.75, 3.05) is 0 Å². The van der Waals surface area contributed by atoms with Crippen molar-refractivity contribution in [1.82, 2.24) is 0 Å². The molecule has 0 spiro atoms. The summed E-state index contributed by atoms with van der Waals surface area (Å²) in [6.07, 6.45) is 3.44. The fourth-order valence-corrected chi connectivity index (χ4v) is 7.94. The molecule has 0 aliphatic carbocycles. The van der Waals surface area contributed by atoms with Crippen LogP contribution in [0.25, 0.3) is 67.2 Å². The number of pyridine rings is 3. The summed E-state index contributed by atoms with van der Waals surface area (Å²) in [5.74, 6) is 0. The Hall–Kier alpha value is -7.23. The molecule has 6 aromatic carbocycles. The van der Waals surface area contributed by atoms with Crippen LogP contribution in [0.3, 0.4) is 0 Å². The lowest BCUT2D eigenvalue weighted by atomic mass is 9.88. The van der Waals surface area contributed by atoms with Gasteiger partial charge in [0.2, 0.25) is 17.1 Å². The van der Waals surface area contributed by atoms with Crippen molar-refractivity contribution in [3.05, 3.63) is 232 Å².